The molecule has 3 aliphatic rings. The monoisotopic (exact) mass is 1100 g/mol. The number of Topliss-reactive ketones (excluding diaryl/α,β-unsaturated/α-hetero) is 1. The van der Waals surface area contributed by atoms with Crippen LogP contribution >= 0.6 is 0 Å². The second kappa shape index (κ2) is 25.7. The van der Waals surface area contributed by atoms with Gasteiger partial charge in [-0.2, -0.15) is 0 Å². The third kappa shape index (κ3) is 14.3. The molecule has 2 aliphatic heterocycles. The van der Waals surface area contributed by atoms with E-state index < -0.39 is 47.0 Å². The van der Waals surface area contributed by atoms with Crippen LogP contribution in [0.25, 0.3) is 10.8 Å². The second-order valence-corrected chi connectivity index (χ2v) is 25.1. The number of hydrogen-bond donors (Lipinski definition) is 4. The van der Waals surface area contributed by atoms with E-state index in [9.17, 15) is 24.0 Å². The SMILES string of the molecule is CC[C@@H](C)C(=O)N[C@H](C(=O)N1Cc2ccccc2C[C@H]1C(=O)N(CCc1ccc2ccccc2c1)Cc1ccc(C(=O)NC2C[C@@H](C(=O)NC3CCCc4ccccc43)N(C(=O)[C@@H](CC(=O)[C@H](C)NC)C(C)(C)C)C2)cc1)C(C)(C)C. The van der Waals surface area contributed by atoms with Crippen LogP contribution < -0.4 is 21.3 Å². The van der Waals surface area contributed by atoms with Crippen LogP contribution in [0.15, 0.2) is 115 Å². The number of nitrogens with one attached hydrogen (secondary N) is 4. The molecule has 5 aromatic carbocycles. The summed E-state index contributed by atoms with van der Waals surface area (Å²) in [5, 5.41) is 14.7. The van der Waals surface area contributed by atoms with Gasteiger partial charge in [-0.25, -0.2) is 0 Å². The number of aryl methyl sites for hydroxylation is 1. The first-order chi connectivity index (χ1) is 38.5. The first-order valence-corrected chi connectivity index (χ1v) is 29.3. The molecule has 8 atom stereocenters. The second-order valence-electron chi connectivity index (χ2n) is 25.1. The van der Waals surface area contributed by atoms with Crippen LogP contribution in [0.3, 0.4) is 0 Å². The molecule has 5 aromatic rings. The van der Waals surface area contributed by atoms with Gasteiger partial charge in [0.05, 0.1) is 12.1 Å². The molecule has 0 aromatic heterocycles. The summed E-state index contributed by atoms with van der Waals surface area (Å²) in [6.07, 6.45) is 4.26. The van der Waals surface area contributed by atoms with Crippen LogP contribution in [-0.4, -0.2) is 106 Å². The lowest BCUT2D eigenvalue weighted by Gasteiger charge is -2.42. The molecule has 6 amide bonds. The number of amides is 6. The van der Waals surface area contributed by atoms with Crippen LogP contribution in [0.5, 0.6) is 0 Å². The summed E-state index contributed by atoms with van der Waals surface area (Å²) in [6, 6.07) is 33.7. The highest BCUT2D eigenvalue weighted by atomic mass is 16.2. The lowest BCUT2D eigenvalue weighted by molar-refractivity contribution is -0.151. The van der Waals surface area contributed by atoms with Gasteiger partial charge in [-0.3, -0.25) is 33.6 Å². The van der Waals surface area contributed by atoms with Crippen LogP contribution in [-0.2, 0) is 61.1 Å². The van der Waals surface area contributed by atoms with E-state index in [0.29, 0.717) is 31.4 Å². The van der Waals surface area contributed by atoms with Gasteiger partial charge in [-0.05, 0) is 120 Å². The minimum Gasteiger partial charge on any atom is -0.347 e. The maximum absolute atomic E-state index is 15.5. The summed E-state index contributed by atoms with van der Waals surface area (Å²) in [6.45, 7) is 18.0. The van der Waals surface area contributed by atoms with Crippen molar-refractivity contribution in [2.24, 2.45) is 22.7 Å². The molecule has 4 N–H and O–H groups in total. The fourth-order valence-electron chi connectivity index (χ4n) is 11.8. The van der Waals surface area contributed by atoms with Crippen molar-refractivity contribution in [2.45, 2.75) is 163 Å². The van der Waals surface area contributed by atoms with E-state index in [2.05, 4.69) is 57.7 Å². The van der Waals surface area contributed by atoms with Crippen LogP contribution in [0, 0.1) is 22.7 Å². The third-order valence-electron chi connectivity index (χ3n) is 17.2. The lowest BCUT2D eigenvalue weighted by atomic mass is 9.76. The number of carbonyl (C=O) groups excluding carboxylic acids is 7. The molecule has 0 radical (unpaired) electrons. The molecular formula is C67H85N7O7. The molecule has 0 bridgehead atoms. The Kier molecular flexibility index (Phi) is 19.0. The van der Waals surface area contributed by atoms with E-state index in [1.807, 2.05) is 127 Å². The van der Waals surface area contributed by atoms with Crippen LogP contribution in [0.1, 0.15) is 144 Å². The average Bonchev–Trinajstić information content (AvgIpc) is 3.88. The summed E-state index contributed by atoms with van der Waals surface area (Å²) in [5.74, 6) is -2.81. The predicted molar refractivity (Wildman–Crippen MR) is 318 cm³/mol. The molecule has 81 heavy (non-hydrogen) atoms. The van der Waals surface area contributed by atoms with E-state index >= 15 is 9.59 Å². The molecule has 2 heterocycles. The predicted octanol–water partition coefficient (Wildman–Crippen LogP) is 9.06. The van der Waals surface area contributed by atoms with Gasteiger partial charge in [0.1, 0.15) is 23.9 Å². The number of hydrogen-bond acceptors (Lipinski definition) is 8. The Balaban J connectivity index is 1.04. The van der Waals surface area contributed by atoms with Crippen LogP contribution in [0.4, 0.5) is 0 Å². The number of ketones is 1. The number of nitrogens with zero attached hydrogens (tertiary/aromatic N) is 3. The molecule has 2 unspecified atom stereocenters. The summed E-state index contributed by atoms with van der Waals surface area (Å²) < 4.78 is 0. The van der Waals surface area contributed by atoms with Gasteiger partial charge in [0.2, 0.25) is 29.5 Å². The fraction of sp³-hybridized carbons (Fsp3) is 0.478. The quantitative estimate of drug-likeness (QED) is 0.0633. The molecule has 8 rings (SSSR count). The minimum absolute atomic E-state index is 0.00183. The number of likely N-dealkylation sites (N-methyl/N-ethyl adjacent to an activating group) is 1. The number of fused-ring (bicyclic) bond motifs is 3. The summed E-state index contributed by atoms with van der Waals surface area (Å²) in [4.78, 5) is 106. The average molecular weight is 1100 g/mol. The van der Waals surface area contributed by atoms with E-state index in [0.717, 1.165) is 57.9 Å². The zero-order valence-electron chi connectivity index (χ0n) is 49.3. The summed E-state index contributed by atoms with van der Waals surface area (Å²) in [5.41, 5.74) is 5.13. The number of likely N-dealkylation sites (tertiary alicyclic amines) is 1. The van der Waals surface area contributed by atoms with Gasteiger partial charge in [0.15, 0.2) is 0 Å². The zero-order valence-corrected chi connectivity index (χ0v) is 49.3. The molecule has 0 saturated carbocycles. The maximum atomic E-state index is 15.5. The van der Waals surface area contributed by atoms with E-state index in [1.54, 1.807) is 35.9 Å². The van der Waals surface area contributed by atoms with E-state index in [1.165, 1.54) is 5.56 Å². The Morgan fingerprint density at radius 3 is 2.04 bits per heavy atom. The van der Waals surface area contributed by atoms with Crippen molar-refractivity contribution in [1.29, 1.82) is 0 Å². The Morgan fingerprint density at radius 1 is 0.704 bits per heavy atom. The highest BCUT2D eigenvalue weighted by Crippen LogP contribution is 2.36. The van der Waals surface area contributed by atoms with Crippen LogP contribution in [0.2, 0.25) is 0 Å². The standard InChI is InChI=1S/C67H85N7O7/c1-11-42(2)60(76)71-59(67(7,8)9)65(81)73-40-51-23-15-14-22-50(51)36-57(73)64(80)72(34-33-44-27-30-46-19-12-13-21-49(46)35-44)39-45-28-31-48(32-29-45)61(77)69-52-37-56(62(78)70-55-26-18-24-47-20-16-17-25-53(47)55)74(41-52)63(79)54(66(4,5)6)38-58(75)43(3)68-10/h12-17,19-23,25,27-32,35,42-43,52,54-57,59,68H,11,18,24,26,33-34,36-41H2,1-10H3,(H,69,77)(H,70,78)(H,71,76)/t42-,43+,52?,54-,55?,56+,57+,59-/m1/s1. The third-order valence-corrected chi connectivity index (χ3v) is 17.2. The normalized spacial score (nSPS) is 19.5. The molecule has 0 spiro atoms. The summed E-state index contributed by atoms with van der Waals surface area (Å²) in [7, 11) is 1.71. The van der Waals surface area contributed by atoms with Crippen molar-refractivity contribution in [3.63, 3.8) is 0 Å². The van der Waals surface area contributed by atoms with Crippen molar-refractivity contribution < 1.29 is 33.6 Å². The minimum atomic E-state index is -0.886. The first kappa shape index (κ1) is 59.9. The number of carbonyl (C=O) groups is 7. The van der Waals surface area contributed by atoms with Crippen molar-refractivity contribution in [1.82, 2.24) is 36.0 Å². The maximum Gasteiger partial charge on any atom is 0.251 e. The molecule has 430 valence electrons. The Bertz CT molecular complexity index is 3110. The molecule has 14 heteroatoms. The van der Waals surface area contributed by atoms with Crippen molar-refractivity contribution in [2.75, 3.05) is 20.1 Å². The van der Waals surface area contributed by atoms with Gasteiger partial charge < -0.3 is 36.0 Å². The lowest BCUT2D eigenvalue weighted by Crippen LogP contribution is -2.61. The van der Waals surface area contributed by atoms with Crippen molar-refractivity contribution in [3.8, 4) is 0 Å². The molecule has 14 nitrogen and oxygen atoms in total. The number of rotatable bonds is 19. The van der Waals surface area contributed by atoms with Gasteiger partial charge in [-0.1, -0.05) is 159 Å². The number of benzene rings is 5. The molecular weight excluding hydrogens is 1010 g/mol. The molecule has 1 aliphatic carbocycles. The van der Waals surface area contributed by atoms with Gasteiger partial charge in [0.25, 0.3) is 5.91 Å². The van der Waals surface area contributed by atoms with E-state index in [-0.39, 0.29) is 85.7 Å². The van der Waals surface area contributed by atoms with E-state index in [4.69, 9.17) is 0 Å². The first-order valence-electron chi connectivity index (χ1n) is 29.3. The fourth-order valence-corrected chi connectivity index (χ4v) is 11.8. The highest BCUT2D eigenvalue weighted by Gasteiger charge is 2.47. The van der Waals surface area contributed by atoms with Crippen molar-refractivity contribution >= 4 is 52.0 Å². The van der Waals surface area contributed by atoms with Gasteiger partial charge in [-0.15, -0.1) is 0 Å². The van der Waals surface area contributed by atoms with Gasteiger partial charge >= 0.3 is 0 Å². The summed E-state index contributed by atoms with van der Waals surface area (Å²) >= 11 is 0. The Labute approximate surface area is 479 Å². The smallest absolute Gasteiger partial charge is 0.251 e. The molecule has 1 fully saturated rings. The molecule has 1 saturated heterocycles. The highest BCUT2D eigenvalue weighted by molar-refractivity contribution is 5.97. The zero-order chi connectivity index (χ0) is 58.3. The van der Waals surface area contributed by atoms with Gasteiger partial charge in [0, 0.05) is 62.5 Å². The Hall–Kier alpha value is -7.19. The largest absolute Gasteiger partial charge is 0.347 e. The Morgan fingerprint density at radius 2 is 1.36 bits per heavy atom. The topological polar surface area (TPSA) is 177 Å². The van der Waals surface area contributed by atoms with Crippen molar-refractivity contribution in [3.05, 3.63) is 154 Å².